The van der Waals surface area contributed by atoms with Crippen molar-refractivity contribution < 1.29 is 19.2 Å². The molecule has 0 aromatic rings. The van der Waals surface area contributed by atoms with Gasteiger partial charge >= 0.3 is 0 Å². The van der Waals surface area contributed by atoms with Gasteiger partial charge in [0.2, 0.25) is 0 Å². The molecule has 0 N–H and O–H groups in total. The third kappa shape index (κ3) is 12.9. The molecule has 0 aliphatic carbocycles. The van der Waals surface area contributed by atoms with Gasteiger partial charge in [-0.2, -0.15) is 5.06 Å². The molecule has 0 saturated carbocycles. The number of rotatable bonds is 23. The molecule has 2 saturated heterocycles. The molecule has 2 fully saturated rings. The van der Waals surface area contributed by atoms with E-state index >= 15 is 0 Å². The van der Waals surface area contributed by atoms with Crippen LogP contribution in [0.3, 0.4) is 0 Å². The highest BCUT2D eigenvalue weighted by Gasteiger charge is 2.56. The number of aliphatic imine (C=N–C) groups is 1. The van der Waals surface area contributed by atoms with Crippen molar-refractivity contribution in [1.82, 2.24) is 5.06 Å². The Bertz CT molecular complexity index is 925. The highest BCUT2D eigenvalue weighted by Crippen LogP contribution is 2.46. The van der Waals surface area contributed by atoms with Crippen molar-refractivity contribution in [3.05, 3.63) is 10.4 Å². The van der Waals surface area contributed by atoms with Crippen molar-refractivity contribution in [3.8, 4) is 0 Å². The smallest absolute Gasteiger partial charge is 0.166 e. The van der Waals surface area contributed by atoms with Crippen LogP contribution in [0.1, 0.15) is 198 Å². The van der Waals surface area contributed by atoms with Gasteiger partial charge in [0.1, 0.15) is 17.7 Å². The fourth-order valence-electron chi connectivity index (χ4n) is 8.56. The van der Waals surface area contributed by atoms with Crippen LogP contribution in [-0.4, -0.2) is 74.5 Å². The first kappa shape index (κ1) is 43.1. The van der Waals surface area contributed by atoms with E-state index in [1.165, 1.54) is 62.5 Å². The second kappa shape index (κ2) is 20.1. The molecule has 0 spiro atoms. The molecule has 8 heteroatoms. The molecule has 2 rings (SSSR count). The number of quaternary nitrogens is 1. The molecule has 2 aliphatic heterocycles. The molecule has 0 bridgehead atoms. The molecule has 282 valence electrons. The number of nitrogens with zero attached hydrogens (tertiary/aromatic N) is 4. The van der Waals surface area contributed by atoms with Crippen LogP contribution in [0.25, 0.3) is 0 Å². The number of hydrogen-bond acceptors (Lipinski definition) is 6. The summed E-state index contributed by atoms with van der Waals surface area (Å²) in [6.45, 7) is 22.8. The molecule has 2 heterocycles. The highest BCUT2D eigenvalue weighted by atomic mass is 16.9. The Morgan fingerprint density at radius 2 is 1.17 bits per heavy atom. The van der Waals surface area contributed by atoms with Gasteiger partial charge in [-0.3, -0.25) is 9.83 Å². The Morgan fingerprint density at radius 3 is 1.71 bits per heavy atom. The zero-order chi connectivity index (χ0) is 35.9. The lowest BCUT2D eigenvalue weighted by atomic mass is 9.78. The fraction of sp³-hybridized carbons (Fsp3) is 0.950. The van der Waals surface area contributed by atoms with Gasteiger partial charge in [0, 0.05) is 43.2 Å². The highest BCUT2D eigenvalue weighted by molar-refractivity contribution is 5.57. The van der Waals surface area contributed by atoms with E-state index in [1.807, 2.05) is 33.9 Å². The zero-order valence-corrected chi connectivity index (χ0v) is 33.3. The van der Waals surface area contributed by atoms with Gasteiger partial charge in [-0.05, 0) is 93.7 Å². The molecule has 0 radical (unpaired) electrons. The molecule has 0 atom stereocenters. The minimum atomic E-state index is -0.595. The normalized spacial score (nSPS) is 26.0. The second-order valence-corrected chi connectivity index (χ2v) is 17.6. The quantitative estimate of drug-likeness (QED) is 0.0268. The Kier molecular flexibility index (Phi) is 18.1. The molecule has 0 aromatic heterocycles. The standard InChI is InChI=1S/C40H78N4O4/c1-11-13-15-17-21-25-29-47-43-37(3,4)33-36(34-38(43,5)6)42(45)28-24-20-19-23-27-41-35-31-39(7,8)44(46,40(9,10)32-35)48-30-26-22-18-16-14-12-2/h27-28,35-36H,11-26,29-34H2,1-10H3. The summed E-state index contributed by atoms with van der Waals surface area (Å²) >= 11 is 0. The molecule has 0 aromatic carbocycles. The van der Waals surface area contributed by atoms with E-state index in [1.54, 1.807) is 0 Å². The van der Waals surface area contributed by atoms with E-state index in [0.29, 0.717) is 6.61 Å². The summed E-state index contributed by atoms with van der Waals surface area (Å²) in [5.74, 6) is 0. The topological polar surface area (TPSA) is 83.2 Å². The van der Waals surface area contributed by atoms with Gasteiger partial charge in [-0.1, -0.05) is 78.1 Å². The van der Waals surface area contributed by atoms with E-state index in [4.69, 9.17) is 14.7 Å². The van der Waals surface area contributed by atoms with Crippen LogP contribution in [0.15, 0.2) is 4.99 Å². The summed E-state index contributed by atoms with van der Waals surface area (Å²) in [6.07, 6.45) is 25.2. The molecular weight excluding hydrogens is 600 g/mol. The number of hydroxylamine groups is 7. The SMILES string of the molecule is CCCCCCCCON1C(C)(C)CC([N+]([O-])=CCCCCC=NC2CC(C)(C)[N+]([O-])(OCCCCCCCC)C(C)(C)C2)CC1(C)C. The van der Waals surface area contributed by atoms with E-state index < -0.39 is 15.9 Å². The molecular formula is C40H78N4O4. The minimum Gasteiger partial charge on any atom is -0.624 e. The number of unbranched alkanes of at least 4 members (excludes halogenated alkanes) is 13. The van der Waals surface area contributed by atoms with Crippen molar-refractivity contribution in [2.75, 3.05) is 13.2 Å². The van der Waals surface area contributed by atoms with E-state index in [-0.39, 0.29) is 23.2 Å². The first-order valence-corrected chi connectivity index (χ1v) is 20.0. The average Bonchev–Trinajstić information content (AvgIpc) is 2.98. The Balaban J connectivity index is 1.76. The third-order valence-electron chi connectivity index (χ3n) is 10.9. The molecule has 8 nitrogen and oxygen atoms in total. The monoisotopic (exact) mass is 679 g/mol. The maximum atomic E-state index is 14.1. The van der Waals surface area contributed by atoms with Gasteiger partial charge in [-0.25, -0.2) is 14.4 Å². The Hall–Kier alpha value is -1.06. The first-order valence-electron chi connectivity index (χ1n) is 20.0. The lowest BCUT2D eigenvalue weighted by molar-refractivity contribution is -1.14. The van der Waals surface area contributed by atoms with Crippen LogP contribution >= 0.6 is 0 Å². The van der Waals surface area contributed by atoms with E-state index in [9.17, 15) is 10.4 Å². The van der Waals surface area contributed by atoms with Crippen LogP contribution in [0.5, 0.6) is 0 Å². The van der Waals surface area contributed by atoms with Crippen LogP contribution < -0.4 is 0 Å². The summed E-state index contributed by atoms with van der Waals surface area (Å²) < 4.78 is 1.23. The van der Waals surface area contributed by atoms with Gasteiger partial charge in [0.05, 0.1) is 12.6 Å². The van der Waals surface area contributed by atoms with Gasteiger partial charge < -0.3 is 10.4 Å². The van der Waals surface area contributed by atoms with Gasteiger partial charge in [-0.15, -0.1) is 0 Å². The van der Waals surface area contributed by atoms with Crippen molar-refractivity contribution in [1.29, 1.82) is 0 Å². The number of hydrogen-bond donors (Lipinski definition) is 0. The molecule has 2 aliphatic rings. The predicted octanol–water partition coefficient (Wildman–Crippen LogP) is 10.8. The summed E-state index contributed by atoms with van der Waals surface area (Å²) in [6, 6.07) is 0.0914. The zero-order valence-electron chi connectivity index (χ0n) is 33.3. The minimum absolute atomic E-state index is 0.0372. The summed E-state index contributed by atoms with van der Waals surface area (Å²) in [7, 11) is 0. The Labute approximate surface area is 296 Å². The van der Waals surface area contributed by atoms with Crippen molar-refractivity contribution in [2.24, 2.45) is 4.99 Å². The largest absolute Gasteiger partial charge is 0.624 e. The maximum Gasteiger partial charge on any atom is 0.166 e. The summed E-state index contributed by atoms with van der Waals surface area (Å²) in [4.78, 5) is 16.8. The number of piperidine rings is 2. The lowest BCUT2D eigenvalue weighted by Crippen LogP contribution is -2.71. The maximum absolute atomic E-state index is 14.1. The van der Waals surface area contributed by atoms with E-state index in [0.717, 1.165) is 77.2 Å². The summed E-state index contributed by atoms with van der Waals surface area (Å²) in [5, 5.41) is 29.5. The molecule has 0 amide bonds. The third-order valence-corrected chi connectivity index (χ3v) is 10.9. The average molecular weight is 679 g/mol. The van der Waals surface area contributed by atoms with Crippen LogP contribution in [0.4, 0.5) is 0 Å². The van der Waals surface area contributed by atoms with Crippen molar-refractivity contribution >= 4 is 12.4 Å². The second-order valence-electron chi connectivity index (χ2n) is 17.6. The van der Waals surface area contributed by atoms with Crippen LogP contribution in [-0.2, 0) is 9.68 Å². The Morgan fingerprint density at radius 1 is 0.688 bits per heavy atom. The van der Waals surface area contributed by atoms with E-state index in [2.05, 4.69) is 52.8 Å². The van der Waals surface area contributed by atoms with Crippen LogP contribution in [0.2, 0.25) is 0 Å². The predicted molar refractivity (Wildman–Crippen MR) is 203 cm³/mol. The molecule has 48 heavy (non-hydrogen) atoms. The van der Waals surface area contributed by atoms with Crippen LogP contribution in [0, 0.1) is 10.4 Å². The summed E-state index contributed by atoms with van der Waals surface area (Å²) in [5.41, 5.74) is -1.52. The van der Waals surface area contributed by atoms with Crippen molar-refractivity contribution in [2.45, 2.75) is 232 Å². The van der Waals surface area contributed by atoms with Gasteiger partial charge in [0.25, 0.3) is 0 Å². The first-order chi connectivity index (χ1) is 22.5. The lowest BCUT2D eigenvalue weighted by Gasteiger charge is -2.62. The molecule has 0 unspecified atom stereocenters. The van der Waals surface area contributed by atoms with Gasteiger partial charge in [0.15, 0.2) is 12.3 Å². The fourth-order valence-corrected chi connectivity index (χ4v) is 8.56. The van der Waals surface area contributed by atoms with Crippen molar-refractivity contribution in [3.63, 3.8) is 0 Å².